The maximum Gasteiger partial charge on any atom is 0.0895 e. The van der Waals surface area contributed by atoms with E-state index in [1.165, 1.54) is 32.1 Å². The molecule has 3 aliphatic carbocycles. The standard InChI is InChI=1S/C14H20O/c1-2-14(15)11-12-7-3-5-9-13(12,14)10-6-4-8-12/h2-3,5,15H,1,4,6-11H2/t12-,13+,14+/m1/s1. The molecule has 1 nitrogen and oxygen atoms in total. The van der Waals surface area contributed by atoms with Gasteiger partial charge in [-0.25, -0.2) is 0 Å². The first-order valence-electron chi connectivity index (χ1n) is 6.19. The van der Waals surface area contributed by atoms with Crippen LogP contribution < -0.4 is 0 Å². The van der Waals surface area contributed by atoms with E-state index in [4.69, 9.17) is 0 Å². The van der Waals surface area contributed by atoms with Crippen molar-refractivity contribution in [3.05, 3.63) is 24.8 Å². The van der Waals surface area contributed by atoms with Gasteiger partial charge < -0.3 is 5.11 Å². The van der Waals surface area contributed by atoms with E-state index in [0.717, 1.165) is 12.8 Å². The molecule has 3 aliphatic rings. The quantitative estimate of drug-likeness (QED) is 0.650. The van der Waals surface area contributed by atoms with Crippen LogP contribution in [-0.4, -0.2) is 10.7 Å². The molecule has 0 aromatic carbocycles. The van der Waals surface area contributed by atoms with Crippen molar-refractivity contribution in [1.82, 2.24) is 0 Å². The van der Waals surface area contributed by atoms with Crippen molar-refractivity contribution in [2.75, 3.05) is 0 Å². The molecule has 2 saturated carbocycles. The summed E-state index contributed by atoms with van der Waals surface area (Å²) >= 11 is 0. The van der Waals surface area contributed by atoms with Crippen LogP contribution in [-0.2, 0) is 0 Å². The van der Waals surface area contributed by atoms with Crippen molar-refractivity contribution < 1.29 is 5.11 Å². The third-order valence-electron chi connectivity index (χ3n) is 5.44. The fourth-order valence-corrected chi connectivity index (χ4v) is 4.63. The summed E-state index contributed by atoms with van der Waals surface area (Å²) < 4.78 is 0. The van der Waals surface area contributed by atoms with Gasteiger partial charge in [0.05, 0.1) is 5.60 Å². The monoisotopic (exact) mass is 204 g/mol. The first-order valence-corrected chi connectivity index (χ1v) is 6.19. The van der Waals surface area contributed by atoms with Crippen molar-refractivity contribution >= 4 is 0 Å². The highest BCUT2D eigenvalue weighted by molar-refractivity contribution is 5.31. The Morgan fingerprint density at radius 3 is 2.67 bits per heavy atom. The molecule has 0 amide bonds. The van der Waals surface area contributed by atoms with Crippen molar-refractivity contribution in [3.8, 4) is 0 Å². The minimum Gasteiger partial charge on any atom is -0.385 e. The summed E-state index contributed by atoms with van der Waals surface area (Å²) in [5.74, 6) is 0. The highest BCUT2D eigenvalue weighted by Crippen LogP contribution is 2.74. The van der Waals surface area contributed by atoms with Gasteiger partial charge in [-0.3, -0.25) is 0 Å². The summed E-state index contributed by atoms with van der Waals surface area (Å²) in [6.07, 6.45) is 14.8. The molecule has 82 valence electrons. The van der Waals surface area contributed by atoms with Gasteiger partial charge in [0.25, 0.3) is 0 Å². The van der Waals surface area contributed by atoms with E-state index in [-0.39, 0.29) is 5.41 Å². The third-order valence-corrected chi connectivity index (χ3v) is 5.44. The molecule has 0 saturated heterocycles. The molecular weight excluding hydrogens is 184 g/mol. The van der Waals surface area contributed by atoms with Gasteiger partial charge in [0.15, 0.2) is 0 Å². The third kappa shape index (κ3) is 0.891. The lowest BCUT2D eigenvalue weighted by Crippen LogP contribution is -2.70. The largest absolute Gasteiger partial charge is 0.385 e. The molecule has 3 atom stereocenters. The Balaban J connectivity index is 2.06. The fourth-order valence-electron chi connectivity index (χ4n) is 4.63. The minimum atomic E-state index is -0.571. The van der Waals surface area contributed by atoms with Crippen LogP contribution >= 0.6 is 0 Å². The highest BCUT2D eigenvalue weighted by atomic mass is 16.3. The molecule has 15 heavy (non-hydrogen) atoms. The second-order valence-corrected chi connectivity index (χ2v) is 5.75. The summed E-state index contributed by atoms with van der Waals surface area (Å²) in [5, 5.41) is 10.6. The molecule has 2 fully saturated rings. The zero-order valence-corrected chi connectivity index (χ0v) is 9.34. The van der Waals surface area contributed by atoms with E-state index in [2.05, 4.69) is 18.7 Å². The molecule has 1 N–H and O–H groups in total. The molecule has 0 unspecified atom stereocenters. The van der Waals surface area contributed by atoms with Gasteiger partial charge in [-0.15, -0.1) is 6.58 Å². The lowest BCUT2D eigenvalue weighted by molar-refractivity contribution is -0.261. The van der Waals surface area contributed by atoms with Gasteiger partial charge in [-0.05, 0) is 37.5 Å². The maximum atomic E-state index is 10.6. The van der Waals surface area contributed by atoms with E-state index in [0.29, 0.717) is 5.41 Å². The first-order chi connectivity index (χ1) is 7.18. The number of aliphatic hydroxyl groups is 1. The van der Waals surface area contributed by atoms with E-state index in [1.54, 1.807) is 0 Å². The summed E-state index contributed by atoms with van der Waals surface area (Å²) in [4.78, 5) is 0. The minimum absolute atomic E-state index is 0.148. The molecule has 0 bridgehead atoms. The molecule has 1 heteroatoms. The zero-order chi connectivity index (χ0) is 10.6. The van der Waals surface area contributed by atoms with E-state index in [9.17, 15) is 5.11 Å². The molecule has 3 rings (SSSR count). The summed E-state index contributed by atoms with van der Waals surface area (Å²) in [7, 11) is 0. The molecular formula is C14H20O. The molecule has 0 radical (unpaired) electrons. The zero-order valence-electron chi connectivity index (χ0n) is 9.34. The van der Waals surface area contributed by atoms with Crippen LogP contribution in [0.25, 0.3) is 0 Å². The number of hydrogen-bond acceptors (Lipinski definition) is 1. The summed E-state index contributed by atoms with van der Waals surface area (Å²) in [6, 6.07) is 0. The Morgan fingerprint density at radius 1 is 1.13 bits per heavy atom. The van der Waals surface area contributed by atoms with Crippen molar-refractivity contribution in [3.63, 3.8) is 0 Å². The Labute approximate surface area is 91.9 Å². The fraction of sp³-hybridized carbons (Fsp3) is 0.714. The first kappa shape index (κ1) is 9.65. The van der Waals surface area contributed by atoms with Gasteiger partial charge in [-0.2, -0.15) is 0 Å². The van der Waals surface area contributed by atoms with Crippen molar-refractivity contribution in [1.29, 1.82) is 0 Å². The molecule has 0 spiro atoms. The van der Waals surface area contributed by atoms with Gasteiger partial charge in [0.1, 0.15) is 0 Å². The second-order valence-electron chi connectivity index (χ2n) is 5.75. The number of allylic oxidation sites excluding steroid dienone is 2. The molecule has 0 aromatic heterocycles. The smallest absolute Gasteiger partial charge is 0.0895 e. The Bertz CT molecular complexity index is 332. The lowest BCUT2D eigenvalue weighted by atomic mass is 9.34. The van der Waals surface area contributed by atoms with Gasteiger partial charge >= 0.3 is 0 Å². The molecule has 0 aromatic rings. The van der Waals surface area contributed by atoms with Crippen LogP contribution in [0.1, 0.15) is 44.9 Å². The normalized spacial score (nSPS) is 52.6. The van der Waals surface area contributed by atoms with E-state index in [1.807, 2.05) is 6.08 Å². The van der Waals surface area contributed by atoms with Crippen molar-refractivity contribution in [2.24, 2.45) is 10.8 Å². The Morgan fingerprint density at radius 2 is 1.87 bits per heavy atom. The number of rotatable bonds is 1. The predicted octanol–water partition coefficient (Wildman–Crippen LogP) is 3.20. The van der Waals surface area contributed by atoms with Crippen molar-refractivity contribution in [2.45, 2.75) is 50.5 Å². The van der Waals surface area contributed by atoms with Gasteiger partial charge in [-0.1, -0.05) is 31.1 Å². The Kier molecular flexibility index (Phi) is 1.78. The predicted molar refractivity (Wildman–Crippen MR) is 61.5 cm³/mol. The van der Waals surface area contributed by atoms with Crippen LogP contribution in [0.3, 0.4) is 0 Å². The SMILES string of the molecule is C=C[C@]1(O)C[C@]23CC=CC[C@]21CCCC3. The van der Waals surface area contributed by atoms with E-state index >= 15 is 0 Å². The van der Waals surface area contributed by atoms with E-state index < -0.39 is 5.60 Å². The highest BCUT2D eigenvalue weighted by Gasteiger charge is 2.71. The van der Waals surface area contributed by atoms with Crippen LogP contribution in [0.4, 0.5) is 0 Å². The average molecular weight is 204 g/mol. The Hall–Kier alpha value is -0.560. The summed E-state index contributed by atoms with van der Waals surface area (Å²) in [5.41, 5.74) is -0.00410. The summed E-state index contributed by atoms with van der Waals surface area (Å²) in [6.45, 7) is 3.85. The van der Waals surface area contributed by atoms with Crippen LogP contribution in [0.15, 0.2) is 24.8 Å². The van der Waals surface area contributed by atoms with Crippen LogP contribution in [0.5, 0.6) is 0 Å². The average Bonchev–Trinajstić information content (AvgIpc) is 2.26. The van der Waals surface area contributed by atoms with Gasteiger partial charge in [0, 0.05) is 5.41 Å². The maximum absolute atomic E-state index is 10.6. The number of hydrogen-bond donors (Lipinski definition) is 1. The topological polar surface area (TPSA) is 20.2 Å². The molecule has 0 aliphatic heterocycles. The second kappa shape index (κ2) is 2.76. The molecule has 0 heterocycles. The van der Waals surface area contributed by atoms with Crippen LogP contribution in [0.2, 0.25) is 0 Å². The van der Waals surface area contributed by atoms with Gasteiger partial charge in [0.2, 0.25) is 0 Å². The lowest BCUT2D eigenvalue weighted by Gasteiger charge is -2.72. The van der Waals surface area contributed by atoms with Crippen LogP contribution in [0, 0.1) is 10.8 Å².